The monoisotopic (exact) mass is 474 g/mol. The Morgan fingerprint density at radius 2 is 1.09 bits per heavy atom. The average Bonchev–Trinajstić information content (AvgIpc) is 3.06. The predicted octanol–water partition coefficient (Wildman–Crippen LogP) is -6.93. The minimum absolute atomic E-state index is 0.522. The fraction of sp³-hybridized carbons (Fsp3) is 1.00. The molecule has 0 bridgehead atoms. The first kappa shape index (κ1) is 26.0. The maximum Gasteiger partial charge on any atom is 0.187 e. The van der Waals surface area contributed by atoms with Gasteiger partial charge in [0.1, 0.15) is 67.1 Å². The summed E-state index contributed by atoms with van der Waals surface area (Å²) in [4.78, 5) is 0. The molecule has 32 heavy (non-hydrogen) atoms. The number of hydrogen-bond acceptors (Lipinski definition) is 15. The number of hydrogen-bond donors (Lipinski definition) is 10. The topological polar surface area (TPSA) is 248 Å². The van der Waals surface area contributed by atoms with Crippen LogP contribution in [0.3, 0.4) is 0 Å². The highest BCUT2D eigenvalue weighted by Gasteiger charge is 2.51. The summed E-state index contributed by atoms with van der Waals surface area (Å²) in [6.07, 6.45) is -22.0. The predicted molar refractivity (Wildman–Crippen MR) is 95.2 cm³/mol. The molecule has 0 saturated carbocycles. The van der Waals surface area contributed by atoms with E-state index in [2.05, 4.69) is 0 Å². The molecule has 0 radical (unpaired) electrons. The van der Waals surface area contributed by atoms with Gasteiger partial charge in [-0.25, -0.2) is 0 Å². The van der Waals surface area contributed by atoms with Crippen molar-refractivity contribution in [1.29, 1.82) is 0 Å². The maximum atomic E-state index is 10.2. The number of aliphatic hydroxyl groups excluding tert-OH is 10. The van der Waals surface area contributed by atoms with Gasteiger partial charge in [-0.15, -0.1) is 0 Å². The van der Waals surface area contributed by atoms with E-state index in [1.54, 1.807) is 0 Å². The summed E-state index contributed by atoms with van der Waals surface area (Å²) >= 11 is 0. The molecule has 188 valence electrons. The molecule has 0 aromatic heterocycles. The third-order valence-corrected chi connectivity index (χ3v) is 5.72. The molecule has 3 rings (SSSR count). The first-order valence-corrected chi connectivity index (χ1v) is 10.00. The third kappa shape index (κ3) is 5.07. The number of ether oxygens (including phenoxy) is 5. The van der Waals surface area contributed by atoms with Gasteiger partial charge in [0.15, 0.2) is 18.9 Å². The molecule has 10 N–H and O–H groups in total. The van der Waals surface area contributed by atoms with Crippen molar-refractivity contribution >= 4 is 0 Å². The molecule has 15 heteroatoms. The molecule has 3 fully saturated rings. The van der Waals surface area contributed by atoms with Gasteiger partial charge < -0.3 is 74.7 Å². The van der Waals surface area contributed by atoms with Crippen LogP contribution < -0.4 is 0 Å². The van der Waals surface area contributed by atoms with Crippen LogP contribution in [0.2, 0.25) is 0 Å². The van der Waals surface area contributed by atoms with E-state index in [1.807, 2.05) is 0 Å². The van der Waals surface area contributed by atoms with Crippen LogP contribution in [-0.4, -0.2) is 157 Å². The summed E-state index contributed by atoms with van der Waals surface area (Å²) in [6, 6.07) is 0. The lowest BCUT2D eigenvalue weighted by molar-refractivity contribution is -0.358. The molecule has 0 aliphatic carbocycles. The second-order valence-electron chi connectivity index (χ2n) is 7.88. The summed E-state index contributed by atoms with van der Waals surface area (Å²) in [6.45, 7) is -1.84. The Bertz CT molecular complexity index is 594. The lowest BCUT2D eigenvalue weighted by Crippen LogP contribution is -2.64. The summed E-state index contributed by atoms with van der Waals surface area (Å²) in [5, 5.41) is 98.3. The van der Waals surface area contributed by atoms with Gasteiger partial charge in [-0.1, -0.05) is 0 Å². The first-order valence-electron chi connectivity index (χ1n) is 10.00. The SMILES string of the molecule is OC[C@@H]1O[C@@H](OC[C@H]2O[C@H](O[C@H]3[C@H](O)[C@@H](O)[C@H](O)O[C@@H]3CO)[C@H](O)[C@@H](O)[C@@H]2O)[C@H](O)[C@H]1O. The van der Waals surface area contributed by atoms with Crippen LogP contribution >= 0.6 is 0 Å². The van der Waals surface area contributed by atoms with E-state index < -0.39 is 106 Å². The summed E-state index contributed by atoms with van der Waals surface area (Å²) in [7, 11) is 0. The van der Waals surface area contributed by atoms with Crippen molar-refractivity contribution in [2.24, 2.45) is 0 Å². The van der Waals surface area contributed by atoms with Crippen molar-refractivity contribution in [3.05, 3.63) is 0 Å². The molecule has 3 heterocycles. The Balaban J connectivity index is 1.65. The molecule has 14 atom stereocenters. The average molecular weight is 474 g/mol. The van der Waals surface area contributed by atoms with E-state index in [0.29, 0.717) is 0 Å². The van der Waals surface area contributed by atoms with Crippen molar-refractivity contribution in [3.63, 3.8) is 0 Å². The summed E-state index contributed by atoms with van der Waals surface area (Å²) in [5.74, 6) is 0. The second kappa shape index (κ2) is 10.8. The van der Waals surface area contributed by atoms with Gasteiger partial charge in [0.25, 0.3) is 0 Å². The molecular weight excluding hydrogens is 444 g/mol. The molecular formula is C17H30O15. The Labute approximate surface area is 181 Å². The van der Waals surface area contributed by atoms with Crippen molar-refractivity contribution in [2.45, 2.75) is 86.0 Å². The zero-order valence-corrected chi connectivity index (χ0v) is 16.7. The Morgan fingerprint density at radius 3 is 1.69 bits per heavy atom. The van der Waals surface area contributed by atoms with Crippen LogP contribution in [-0.2, 0) is 23.7 Å². The first-order chi connectivity index (χ1) is 15.1. The van der Waals surface area contributed by atoms with Crippen molar-refractivity contribution in [2.75, 3.05) is 19.8 Å². The van der Waals surface area contributed by atoms with E-state index in [9.17, 15) is 46.0 Å². The Morgan fingerprint density at radius 1 is 0.531 bits per heavy atom. The zero-order valence-electron chi connectivity index (χ0n) is 16.7. The molecule has 0 aromatic rings. The summed E-state index contributed by atoms with van der Waals surface area (Å²) in [5.41, 5.74) is 0. The van der Waals surface area contributed by atoms with Crippen LogP contribution in [0.4, 0.5) is 0 Å². The normalized spacial score (nSPS) is 52.3. The van der Waals surface area contributed by atoms with Gasteiger partial charge in [0.2, 0.25) is 0 Å². The smallest absolute Gasteiger partial charge is 0.187 e. The van der Waals surface area contributed by atoms with Crippen LogP contribution in [0.15, 0.2) is 0 Å². The molecule has 15 nitrogen and oxygen atoms in total. The molecule has 0 aromatic carbocycles. The molecule has 3 saturated heterocycles. The standard InChI is InChI=1S/C17H30O15/c18-1-4-7(20)12(25)16(30-4)28-3-6-8(21)9(22)13(26)17(31-6)32-14-5(2-19)29-15(27)11(24)10(14)23/h4-27H,1-3H2/t4-,5+,6+,7-,8+,9-,10+,11+,12+,13+,14+,15+,16+,17+/m0/s1. The number of rotatable bonds is 7. The highest BCUT2D eigenvalue weighted by Crippen LogP contribution is 2.29. The summed E-state index contributed by atoms with van der Waals surface area (Å²) < 4.78 is 26.2. The Kier molecular flexibility index (Phi) is 8.75. The molecule has 0 unspecified atom stereocenters. The molecule has 0 spiro atoms. The minimum Gasteiger partial charge on any atom is -0.394 e. The second-order valence-corrected chi connectivity index (χ2v) is 7.88. The van der Waals surface area contributed by atoms with Gasteiger partial charge in [-0.2, -0.15) is 0 Å². The molecule has 3 aliphatic heterocycles. The van der Waals surface area contributed by atoms with Crippen LogP contribution in [0.5, 0.6) is 0 Å². The minimum atomic E-state index is -1.83. The van der Waals surface area contributed by atoms with Crippen molar-refractivity contribution in [3.8, 4) is 0 Å². The lowest BCUT2D eigenvalue weighted by Gasteiger charge is -2.45. The van der Waals surface area contributed by atoms with E-state index in [0.717, 1.165) is 0 Å². The molecule has 0 amide bonds. The fourth-order valence-corrected chi connectivity index (χ4v) is 3.75. The van der Waals surface area contributed by atoms with E-state index in [-0.39, 0.29) is 0 Å². The van der Waals surface area contributed by atoms with E-state index >= 15 is 0 Å². The molecule has 3 aliphatic rings. The van der Waals surface area contributed by atoms with E-state index in [4.69, 9.17) is 28.8 Å². The quantitative estimate of drug-likeness (QED) is 0.165. The van der Waals surface area contributed by atoms with Gasteiger partial charge in [-0.05, 0) is 0 Å². The van der Waals surface area contributed by atoms with Gasteiger partial charge >= 0.3 is 0 Å². The highest BCUT2D eigenvalue weighted by atomic mass is 16.7. The Hall–Kier alpha value is -0.600. The highest BCUT2D eigenvalue weighted by molar-refractivity contribution is 4.94. The van der Waals surface area contributed by atoms with Crippen LogP contribution in [0.25, 0.3) is 0 Å². The fourth-order valence-electron chi connectivity index (χ4n) is 3.75. The van der Waals surface area contributed by atoms with E-state index in [1.165, 1.54) is 0 Å². The van der Waals surface area contributed by atoms with Crippen molar-refractivity contribution in [1.82, 2.24) is 0 Å². The van der Waals surface area contributed by atoms with Crippen LogP contribution in [0, 0.1) is 0 Å². The lowest BCUT2D eigenvalue weighted by atomic mass is 9.97. The van der Waals surface area contributed by atoms with Gasteiger partial charge in [0.05, 0.1) is 19.8 Å². The number of aliphatic hydroxyl groups is 10. The zero-order chi connectivity index (χ0) is 23.7. The maximum absolute atomic E-state index is 10.2. The van der Waals surface area contributed by atoms with Crippen molar-refractivity contribution < 1.29 is 74.7 Å². The van der Waals surface area contributed by atoms with Crippen LogP contribution in [0.1, 0.15) is 0 Å². The largest absolute Gasteiger partial charge is 0.394 e. The third-order valence-electron chi connectivity index (χ3n) is 5.72. The van der Waals surface area contributed by atoms with Gasteiger partial charge in [0, 0.05) is 0 Å². The van der Waals surface area contributed by atoms with Gasteiger partial charge in [-0.3, -0.25) is 0 Å².